The van der Waals surface area contributed by atoms with Crippen LogP contribution in [0.1, 0.15) is 27.0 Å². The van der Waals surface area contributed by atoms with Crippen molar-refractivity contribution in [3.05, 3.63) is 95.1 Å². The molecule has 0 aliphatic carbocycles. The van der Waals surface area contributed by atoms with Crippen LogP contribution >= 0.6 is 0 Å². The van der Waals surface area contributed by atoms with Gasteiger partial charge < -0.3 is 20.6 Å². The van der Waals surface area contributed by atoms with E-state index in [1.54, 1.807) is 12.1 Å². The molecule has 4 rings (SSSR count). The Hall–Kier alpha value is -3.80. The molecule has 6 heteroatoms. The Labute approximate surface area is 181 Å². The van der Waals surface area contributed by atoms with Crippen molar-refractivity contribution < 1.29 is 14.7 Å². The average Bonchev–Trinajstić information content (AvgIpc) is 2.80. The molecule has 1 saturated heterocycles. The van der Waals surface area contributed by atoms with Crippen molar-refractivity contribution in [2.24, 2.45) is 0 Å². The van der Waals surface area contributed by atoms with Crippen LogP contribution < -0.4 is 15.5 Å². The number of phenolic OH excluding ortho intramolecular Hbond substituents is 1. The van der Waals surface area contributed by atoms with Crippen molar-refractivity contribution in [3.8, 4) is 5.75 Å². The van der Waals surface area contributed by atoms with Gasteiger partial charge in [-0.05, 0) is 47.4 Å². The molecule has 3 aromatic carbocycles. The molecular formula is C25H25N3O3. The molecule has 0 spiro atoms. The SMILES string of the molecule is O=C1CN(c2ccc(CNC(=O)c3cc(Cc4ccccc4)ccc3O)cc2)CCN1. The first-order chi connectivity index (χ1) is 15.1. The van der Waals surface area contributed by atoms with Gasteiger partial charge in [-0.25, -0.2) is 0 Å². The normalized spacial score (nSPS) is 13.5. The molecule has 3 N–H and O–H groups in total. The van der Waals surface area contributed by atoms with Crippen molar-refractivity contribution >= 4 is 17.5 Å². The van der Waals surface area contributed by atoms with Gasteiger partial charge in [-0.3, -0.25) is 9.59 Å². The maximum absolute atomic E-state index is 12.7. The number of anilines is 1. The number of hydrogen-bond acceptors (Lipinski definition) is 4. The van der Waals surface area contributed by atoms with Gasteiger partial charge in [-0.2, -0.15) is 0 Å². The minimum Gasteiger partial charge on any atom is -0.507 e. The Morgan fingerprint density at radius 1 is 0.968 bits per heavy atom. The second-order valence-electron chi connectivity index (χ2n) is 7.63. The van der Waals surface area contributed by atoms with Crippen LogP contribution in [0.15, 0.2) is 72.8 Å². The molecule has 31 heavy (non-hydrogen) atoms. The highest BCUT2D eigenvalue weighted by molar-refractivity contribution is 5.97. The zero-order chi connectivity index (χ0) is 21.6. The molecule has 1 fully saturated rings. The summed E-state index contributed by atoms with van der Waals surface area (Å²) in [6.07, 6.45) is 0.692. The van der Waals surface area contributed by atoms with Gasteiger partial charge in [0.1, 0.15) is 5.75 Å². The first-order valence-electron chi connectivity index (χ1n) is 10.3. The topological polar surface area (TPSA) is 81.7 Å². The van der Waals surface area contributed by atoms with Gasteiger partial charge >= 0.3 is 0 Å². The number of carbonyl (C=O) groups excluding carboxylic acids is 2. The van der Waals surface area contributed by atoms with Crippen molar-refractivity contribution in [2.75, 3.05) is 24.5 Å². The Kier molecular flexibility index (Phi) is 6.17. The molecule has 0 aromatic heterocycles. The summed E-state index contributed by atoms with van der Waals surface area (Å²) in [6.45, 7) is 2.13. The molecule has 6 nitrogen and oxygen atoms in total. The van der Waals surface area contributed by atoms with Crippen molar-refractivity contribution in [1.82, 2.24) is 10.6 Å². The highest BCUT2D eigenvalue weighted by Gasteiger charge is 2.16. The molecule has 1 aliphatic heterocycles. The van der Waals surface area contributed by atoms with Crippen LogP contribution in [0.5, 0.6) is 5.75 Å². The smallest absolute Gasteiger partial charge is 0.255 e. The van der Waals surface area contributed by atoms with Gasteiger partial charge in [0.05, 0.1) is 12.1 Å². The number of phenols is 1. The first kappa shape index (κ1) is 20.5. The molecular weight excluding hydrogens is 390 g/mol. The number of rotatable bonds is 6. The molecule has 0 saturated carbocycles. The molecule has 1 heterocycles. The number of nitrogens with one attached hydrogen (secondary N) is 2. The maximum Gasteiger partial charge on any atom is 0.255 e. The predicted molar refractivity (Wildman–Crippen MR) is 120 cm³/mol. The standard InChI is InChI=1S/C25H25N3O3/c29-23-11-8-20(14-18-4-2-1-3-5-18)15-22(23)25(31)27-16-19-6-9-21(10-7-19)28-13-12-26-24(30)17-28/h1-11,15,29H,12-14,16-17H2,(H,26,30)(H,27,31). The van der Waals surface area contributed by atoms with E-state index < -0.39 is 0 Å². The monoisotopic (exact) mass is 415 g/mol. The summed E-state index contributed by atoms with van der Waals surface area (Å²) in [5.74, 6) is -0.325. The Balaban J connectivity index is 1.38. The highest BCUT2D eigenvalue weighted by atomic mass is 16.3. The molecule has 0 atom stereocenters. The second kappa shape index (κ2) is 9.34. The fourth-order valence-corrected chi connectivity index (χ4v) is 3.67. The zero-order valence-electron chi connectivity index (χ0n) is 17.2. The van der Waals surface area contributed by atoms with E-state index in [0.717, 1.165) is 28.9 Å². The fourth-order valence-electron chi connectivity index (χ4n) is 3.67. The number of aromatic hydroxyl groups is 1. The minimum atomic E-state index is -0.316. The number of hydrogen-bond donors (Lipinski definition) is 3. The lowest BCUT2D eigenvalue weighted by atomic mass is 10.0. The quantitative estimate of drug-likeness (QED) is 0.578. The summed E-state index contributed by atoms with van der Waals surface area (Å²) >= 11 is 0. The van der Waals surface area contributed by atoms with Crippen molar-refractivity contribution in [1.29, 1.82) is 0 Å². The molecule has 2 amide bonds. The third kappa shape index (κ3) is 5.22. The van der Waals surface area contributed by atoms with E-state index in [9.17, 15) is 14.7 Å². The Morgan fingerprint density at radius 2 is 1.71 bits per heavy atom. The van der Waals surface area contributed by atoms with Crippen molar-refractivity contribution in [2.45, 2.75) is 13.0 Å². The molecule has 158 valence electrons. The molecule has 0 bridgehead atoms. The van der Waals surface area contributed by atoms with Crippen LogP contribution in [0.25, 0.3) is 0 Å². The van der Waals surface area contributed by atoms with Crippen LogP contribution in [0.4, 0.5) is 5.69 Å². The molecule has 3 aromatic rings. The molecule has 0 radical (unpaired) electrons. The lowest BCUT2D eigenvalue weighted by molar-refractivity contribution is -0.120. The van der Waals surface area contributed by atoms with Crippen LogP contribution in [0.3, 0.4) is 0 Å². The van der Waals surface area contributed by atoms with E-state index in [1.165, 1.54) is 0 Å². The summed E-state index contributed by atoms with van der Waals surface area (Å²) in [5, 5.41) is 15.9. The van der Waals surface area contributed by atoms with Crippen LogP contribution in [-0.2, 0) is 17.8 Å². The lowest BCUT2D eigenvalue weighted by Gasteiger charge is -2.28. The summed E-state index contributed by atoms with van der Waals surface area (Å²) in [7, 11) is 0. The summed E-state index contributed by atoms with van der Waals surface area (Å²) in [6, 6.07) is 22.9. The van der Waals surface area contributed by atoms with E-state index in [4.69, 9.17) is 0 Å². The zero-order valence-corrected chi connectivity index (χ0v) is 17.2. The summed E-state index contributed by atoms with van der Waals surface area (Å²) < 4.78 is 0. The second-order valence-corrected chi connectivity index (χ2v) is 7.63. The fraction of sp³-hybridized carbons (Fsp3) is 0.200. The molecule has 1 aliphatic rings. The number of benzene rings is 3. The average molecular weight is 415 g/mol. The van der Waals surface area contributed by atoms with Gasteiger partial charge in [0, 0.05) is 25.3 Å². The number of carbonyl (C=O) groups is 2. The lowest BCUT2D eigenvalue weighted by Crippen LogP contribution is -2.47. The van der Waals surface area contributed by atoms with Crippen LogP contribution in [0.2, 0.25) is 0 Å². The third-order valence-corrected chi connectivity index (χ3v) is 5.35. The Bertz CT molecular complexity index is 1070. The largest absolute Gasteiger partial charge is 0.507 e. The predicted octanol–water partition coefficient (Wildman–Crippen LogP) is 2.85. The minimum absolute atomic E-state index is 0.0249. The van der Waals surface area contributed by atoms with E-state index >= 15 is 0 Å². The third-order valence-electron chi connectivity index (χ3n) is 5.35. The maximum atomic E-state index is 12.7. The van der Waals surface area contributed by atoms with Crippen LogP contribution in [-0.4, -0.2) is 36.6 Å². The molecule has 0 unspecified atom stereocenters. The number of nitrogens with zero attached hydrogens (tertiary/aromatic N) is 1. The summed E-state index contributed by atoms with van der Waals surface area (Å²) in [4.78, 5) is 26.3. The first-order valence-corrected chi connectivity index (χ1v) is 10.3. The number of piperazine rings is 1. The van der Waals surface area contributed by atoms with Crippen LogP contribution in [0, 0.1) is 0 Å². The van der Waals surface area contributed by atoms with Gasteiger partial charge in [0.25, 0.3) is 5.91 Å². The van der Waals surface area contributed by atoms with Gasteiger partial charge in [0.15, 0.2) is 0 Å². The number of amides is 2. The highest BCUT2D eigenvalue weighted by Crippen LogP contribution is 2.21. The van der Waals surface area contributed by atoms with Crippen molar-refractivity contribution in [3.63, 3.8) is 0 Å². The van der Waals surface area contributed by atoms with Gasteiger partial charge in [-0.15, -0.1) is 0 Å². The van der Waals surface area contributed by atoms with E-state index in [0.29, 0.717) is 26.1 Å². The Morgan fingerprint density at radius 3 is 2.45 bits per heavy atom. The van der Waals surface area contributed by atoms with Gasteiger partial charge in [-0.1, -0.05) is 48.5 Å². The summed E-state index contributed by atoms with van der Waals surface area (Å²) in [5.41, 5.74) is 4.30. The van der Waals surface area contributed by atoms with Gasteiger partial charge in [0.2, 0.25) is 5.91 Å². The van der Waals surface area contributed by atoms with E-state index in [2.05, 4.69) is 10.6 Å². The van der Waals surface area contributed by atoms with E-state index in [-0.39, 0.29) is 23.1 Å². The van der Waals surface area contributed by atoms with E-state index in [1.807, 2.05) is 65.6 Å².